The second-order valence-electron chi connectivity index (χ2n) is 2.48. The lowest BCUT2D eigenvalue weighted by Gasteiger charge is -1.99. The molecule has 0 radical (unpaired) electrons. The van der Waals surface area contributed by atoms with Crippen LogP contribution < -0.4 is 0 Å². The average Bonchev–Trinajstić information content (AvgIpc) is 2.09. The minimum atomic E-state index is -3.56. The molecule has 0 unspecified atom stereocenters. The van der Waals surface area contributed by atoms with Crippen molar-refractivity contribution in [1.82, 2.24) is 15.2 Å². The molecule has 0 atom stereocenters. The van der Waals surface area contributed by atoms with Crippen LogP contribution in [0.15, 0.2) is 17.1 Å². The number of hydrogen-bond donors (Lipinski definition) is 0. The Morgan fingerprint density at radius 2 is 1.85 bits per heavy atom. The Morgan fingerprint density at radius 3 is 2.31 bits per heavy atom. The van der Waals surface area contributed by atoms with Crippen LogP contribution in [0.3, 0.4) is 0 Å². The van der Waals surface area contributed by atoms with Crippen LogP contribution in [0.4, 0.5) is 0 Å². The molecule has 1 aromatic heterocycles. The minimum absolute atomic E-state index is 0.300. The lowest BCUT2D eigenvalue weighted by molar-refractivity contribution is 0.590. The molecular formula is C7H9N3O2S. The Bertz CT molecular complexity index is 439. The molecule has 0 bridgehead atoms. The summed E-state index contributed by atoms with van der Waals surface area (Å²) < 4.78 is 22.4. The second kappa shape index (κ2) is 3.21. The van der Waals surface area contributed by atoms with Crippen molar-refractivity contribution in [3.8, 4) is 0 Å². The van der Waals surface area contributed by atoms with Crippen molar-refractivity contribution in [2.24, 2.45) is 0 Å². The van der Waals surface area contributed by atoms with E-state index in [1.54, 1.807) is 13.8 Å². The number of hydrogen-bond acceptors (Lipinski definition) is 5. The van der Waals surface area contributed by atoms with Gasteiger partial charge in [-0.15, -0.1) is 5.10 Å². The molecule has 5 nitrogen and oxygen atoms in total. The van der Waals surface area contributed by atoms with Crippen molar-refractivity contribution < 1.29 is 8.42 Å². The van der Waals surface area contributed by atoms with Gasteiger partial charge in [-0.3, -0.25) is 0 Å². The molecule has 0 aliphatic carbocycles. The Morgan fingerprint density at radius 1 is 1.23 bits per heavy atom. The first-order valence-electron chi connectivity index (χ1n) is 3.53. The van der Waals surface area contributed by atoms with E-state index >= 15 is 0 Å². The zero-order valence-corrected chi connectivity index (χ0v) is 8.17. The maximum absolute atomic E-state index is 11.2. The van der Waals surface area contributed by atoms with Crippen LogP contribution in [-0.4, -0.2) is 23.6 Å². The topological polar surface area (TPSA) is 72.8 Å². The molecule has 0 fully saturated rings. The first kappa shape index (κ1) is 9.79. The van der Waals surface area contributed by atoms with Crippen molar-refractivity contribution >= 4 is 9.84 Å². The molecule has 0 saturated carbocycles. The van der Waals surface area contributed by atoms with E-state index in [1.165, 1.54) is 0 Å². The quantitative estimate of drug-likeness (QED) is 0.689. The predicted molar refractivity (Wildman–Crippen MR) is 46.7 cm³/mol. The molecule has 1 rings (SSSR count). The van der Waals surface area contributed by atoms with Gasteiger partial charge in [-0.05, 0) is 13.8 Å². The van der Waals surface area contributed by atoms with Gasteiger partial charge < -0.3 is 0 Å². The summed E-state index contributed by atoms with van der Waals surface area (Å²) in [6.07, 6.45) is 0. The molecule has 70 valence electrons. The van der Waals surface area contributed by atoms with Crippen molar-refractivity contribution in [2.75, 3.05) is 0 Å². The summed E-state index contributed by atoms with van der Waals surface area (Å²) in [6.45, 7) is 6.55. The van der Waals surface area contributed by atoms with Crippen LogP contribution in [0, 0.1) is 13.8 Å². The number of nitrogens with zero attached hydrogens (tertiary/aromatic N) is 3. The van der Waals surface area contributed by atoms with Gasteiger partial charge in [0.1, 0.15) is 0 Å². The zero-order chi connectivity index (χ0) is 10.1. The summed E-state index contributed by atoms with van der Waals surface area (Å²) >= 11 is 0. The van der Waals surface area contributed by atoms with Crippen molar-refractivity contribution in [3.63, 3.8) is 0 Å². The van der Waals surface area contributed by atoms with E-state index in [9.17, 15) is 8.42 Å². The molecular weight excluding hydrogens is 190 g/mol. The van der Waals surface area contributed by atoms with Crippen molar-refractivity contribution in [2.45, 2.75) is 19.0 Å². The highest BCUT2D eigenvalue weighted by atomic mass is 32.2. The fourth-order valence-electron chi connectivity index (χ4n) is 0.632. The van der Waals surface area contributed by atoms with E-state index in [0.717, 1.165) is 5.41 Å². The Balaban J connectivity index is 3.35. The van der Waals surface area contributed by atoms with Gasteiger partial charge in [0, 0.05) is 5.41 Å². The van der Waals surface area contributed by atoms with Gasteiger partial charge in [0.05, 0.1) is 11.4 Å². The average molecular weight is 199 g/mol. The monoisotopic (exact) mass is 199 g/mol. The lowest BCUT2D eigenvalue weighted by atomic mass is 10.4. The largest absolute Gasteiger partial charge is 0.271 e. The standard InChI is InChI=1S/C7H9N3O2S/c1-4-13(11,12)7-8-5(2)6(3)9-10-7/h4H,1H2,2-3H3. The summed E-state index contributed by atoms with van der Waals surface area (Å²) in [5.74, 6) is 0. The van der Waals surface area contributed by atoms with Crippen LogP contribution in [-0.2, 0) is 9.84 Å². The second-order valence-corrected chi connectivity index (χ2v) is 4.27. The van der Waals surface area contributed by atoms with Gasteiger partial charge in [0.25, 0.3) is 5.16 Å². The summed E-state index contributed by atoms with van der Waals surface area (Å²) in [7, 11) is -3.56. The first-order chi connectivity index (χ1) is 5.97. The Hall–Kier alpha value is -1.30. The van der Waals surface area contributed by atoms with E-state index in [4.69, 9.17) is 0 Å². The fraction of sp³-hybridized carbons (Fsp3) is 0.286. The summed E-state index contributed by atoms with van der Waals surface area (Å²) in [4.78, 5) is 3.78. The molecule has 0 saturated heterocycles. The molecule has 13 heavy (non-hydrogen) atoms. The van der Waals surface area contributed by atoms with E-state index in [1.807, 2.05) is 0 Å². The highest BCUT2D eigenvalue weighted by Gasteiger charge is 2.14. The number of aryl methyl sites for hydroxylation is 2. The third-order valence-electron chi connectivity index (χ3n) is 1.55. The smallest absolute Gasteiger partial charge is 0.220 e. The third kappa shape index (κ3) is 1.89. The van der Waals surface area contributed by atoms with Crippen molar-refractivity contribution in [1.29, 1.82) is 0 Å². The van der Waals surface area contributed by atoms with Gasteiger partial charge in [-0.2, -0.15) is 5.10 Å². The fourth-order valence-corrected chi connectivity index (χ4v) is 1.20. The van der Waals surface area contributed by atoms with Crippen LogP contribution in [0.1, 0.15) is 11.4 Å². The van der Waals surface area contributed by atoms with E-state index < -0.39 is 9.84 Å². The van der Waals surface area contributed by atoms with E-state index in [0.29, 0.717) is 11.4 Å². The maximum atomic E-state index is 11.2. The maximum Gasteiger partial charge on any atom is 0.271 e. The molecule has 0 amide bonds. The van der Waals surface area contributed by atoms with Gasteiger partial charge >= 0.3 is 0 Å². The minimum Gasteiger partial charge on any atom is -0.220 e. The molecule has 0 aromatic carbocycles. The molecule has 0 spiro atoms. The highest BCUT2D eigenvalue weighted by molar-refractivity contribution is 7.94. The third-order valence-corrected chi connectivity index (χ3v) is 2.67. The summed E-state index contributed by atoms with van der Waals surface area (Å²) in [6, 6.07) is 0. The molecule has 0 aliphatic heterocycles. The zero-order valence-electron chi connectivity index (χ0n) is 7.35. The van der Waals surface area contributed by atoms with Crippen LogP contribution in [0.2, 0.25) is 0 Å². The van der Waals surface area contributed by atoms with E-state index in [-0.39, 0.29) is 5.16 Å². The van der Waals surface area contributed by atoms with E-state index in [2.05, 4.69) is 21.8 Å². The SMILES string of the molecule is C=CS(=O)(=O)c1nnc(C)c(C)n1. The van der Waals surface area contributed by atoms with Crippen molar-refractivity contribution in [3.05, 3.63) is 23.4 Å². The molecule has 0 aliphatic rings. The normalized spacial score (nSPS) is 11.2. The predicted octanol–water partition coefficient (Wildman–Crippen LogP) is 0.406. The van der Waals surface area contributed by atoms with Gasteiger partial charge in [0.15, 0.2) is 0 Å². The van der Waals surface area contributed by atoms with Crippen LogP contribution >= 0.6 is 0 Å². The number of aromatic nitrogens is 3. The molecule has 0 N–H and O–H groups in total. The Labute approximate surface area is 76.5 Å². The lowest BCUT2D eigenvalue weighted by Crippen LogP contribution is -2.07. The summed E-state index contributed by atoms with van der Waals surface area (Å²) in [5, 5.41) is 7.62. The Kier molecular flexibility index (Phi) is 2.42. The summed E-state index contributed by atoms with van der Waals surface area (Å²) in [5.41, 5.74) is 1.17. The number of sulfone groups is 1. The number of rotatable bonds is 2. The highest BCUT2D eigenvalue weighted by Crippen LogP contribution is 2.05. The van der Waals surface area contributed by atoms with Crippen LogP contribution in [0.25, 0.3) is 0 Å². The molecule has 1 heterocycles. The van der Waals surface area contributed by atoms with Gasteiger partial charge in [-0.1, -0.05) is 6.58 Å². The first-order valence-corrected chi connectivity index (χ1v) is 5.07. The van der Waals surface area contributed by atoms with Crippen LogP contribution in [0.5, 0.6) is 0 Å². The molecule has 6 heteroatoms. The molecule has 1 aromatic rings. The van der Waals surface area contributed by atoms with Gasteiger partial charge in [-0.25, -0.2) is 13.4 Å². The van der Waals surface area contributed by atoms with Gasteiger partial charge in [0.2, 0.25) is 9.84 Å².